The van der Waals surface area contributed by atoms with Crippen LogP contribution in [0.25, 0.3) is 0 Å². The molecule has 2 rings (SSSR count). The van der Waals surface area contributed by atoms with Gasteiger partial charge in [-0.3, -0.25) is 0 Å². The number of nitrogens with zero attached hydrogens (tertiary/aromatic N) is 1. The summed E-state index contributed by atoms with van der Waals surface area (Å²) in [4.78, 5) is 17.3. The van der Waals surface area contributed by atoms with E-state index < -0.39 is 16.1 Å². The molecule has 2 aromatic rings. The molecule has 0 atom stereocenters. The fourth-order valence-corrected chi connectivity index (χ4v) is 4.05. The Morgan fingerprint density at radius 1 is 1.00 bits per heavy atom. The van der Waals surface area contributed by atoms with Crippen molar-refractivity contribution in [2.24, 2.45) is 5.16 Å². The van der Waals surface area contributed by atoms with Crippen molar-refractivity contribution in [3.63, 3.8) is 0 Å². The highest BCUT2D eigenvalue weighted by Gasteiger charge is 2.21. The highest BCUT2D eigenvalue weighted by Crippen LogP contribution is 2.32. The smallest absolute Gasteiger partial charge is 0.333 e. The number of rotatable bonds is 7. The van der Waals surface area contributed by atoms with Gasteiger partial charge in [-0.05, 0) is 42.0 Å². The number of amides is 2. The SMILES string of the molecule is CO/N=C(\C)c1cccc(S(=O)(=O)NC(=O)Nc2c(C(C)C)cccc2C(C)C)c1. The number of nitrogens with one attached hydrogen (secondary N) is 2. The van der Waals surface area contributed by atoms with Crippen LogP contribution in [0.15, 0.2) is 52.5 Å². The van der Waals surface area contributed by atoms with Gasteiger partial charge in [0.15, 0.2) is 0 Å². The first-order valence-corrected chi connectivity index (χ1v) is 11.2. The number of benzene rings is 2. The number of hydrogen-bond acceptors (Lipinski definition) is 5. The molecular formula is C22H29N3O4S. The van der Waals surface area contributed by atoms with Crippen LogP contribution in [0.2, 0.25) is 0 Å². The maximum absolute atomic E-state index is 12.8. The van der Waals surface area contributed by atoms with Crippen LogP contribution in [-0.4, -0.2) is 27.3 Å². The number of urea groups is 1. The van der Waals surface area contributed by atoms with Gasteiger partial charge in [0.2, 0.25) is 0 Å². The van der Waals surface area contributed by atoms with Crippen molar-refractivity contribution in [3.05, 3.63) is 59.2 Å². The highest BCUT2D eigenvalue weighted by molar-refractivity contribution is 7.90. The molecule has 30 heavy (non-hydrogen) atoms. The number of carbonyl (C=O) groups is 1. The van der Waals surface area contributed by atoms with Gasteiger partial charge in [0.1, 0.15) is 7.11 Å². The minimum Gasteiger partial charge on any atom is -0.399 e. The van der Waals surface area contributed by atoms with Crippen molar-refractivity contribution in [2.45, 2.75) is 51.3 Å². The van der Waals surface area contributed by atoms with E-state index in [-0.39, 0.29) is 16.7 Å². The Morgan fingerprint density at radius 2 is 1.57 bits per heavy atom. The normalized spacial score (nSPS) is 12.2. The molecule has 0 aliphatic rings. The summed E-state index contributed by atoms with van der Waals surface area (Å²) in [5.41, 5.74) is 3.63. The van der Waals surface area contributed by atoms with E-state index in [0.717, 1.165) is 11.1 Å². The van der Waals surface area contributed by atoms with Gasteiger partial charge in [0.25, 0.3) is 10.0 Å². The second kappa shape index (κ2) is 9.75. The summed E-state index contributed by atoms with van der Waals surface area (Å²) in [6, 6.07) is 11.2. The van der Waals surface area contributed by atoms with Gasteiger partial charge in [0.05, 0.1) is 10.6 Å². The minimum absolute atomic E-state index is 0.0398. The first-order chi connectivity index (χ1) is 14.1. The quantitative estimate of drug-likeness (QED) is 0.485. The Bertz CT molecular complexity index is 1020. The number of oxime groups is 1. The van der Waals surface area contributed by atoms with Crippen LogP contribution >= 0.6 is 0 Å². The topological polar surface area (TPSA) is 96.9 Å². The van der Waals surface area contributed by atoms with Crippen molar-refractivity contribution >= 4 is 27.5 Å². The summed E-state index contributed by atoms with van der Waals surface area (Å²) in [7, 11) is -2.66. The van der Waals surface area contributed by atoms with Gasteiger partial charge in [-0.2, -0.15) is 0 Å². The van der Waals surface area contributed by atoms with E-state index in [1.165, 1.54) is 19.2 Å². The molecule has 0 bridgehead atoms. The van der Waals surface area contributed by atoms with Gasteiger partial charge < -0.3 is 10.2 Å². The zero-order valence-corrected chi connectivity index (χ0v) is 19.0. The molecule has 0 spiro atoms. The van der Waals surface area contributed by atoms with Gasteiger partial charge in [-0.15, -0.1) is 0 Å². The van der Waals surface area contributed by atoms with Crippen molar-refractivity contribution in [1.29, 1.82) is 0 Å². The Balaban J connectivity index is 2.31. The first-order valence-electron chi connectivity index (χ1n) is 9.71. The Labute approximate surface area is 178 Å². The number of hydrogen-bond donors (Lipinski definition) is 2. The molecular weight excluding hydrogens is 402 g/mol. The lowest BCUT2D eigenvalue weighted by Crippen LogP contribution is -2.35. The zero-order valence-electron chi connectivity index (χ0n) is 18.2. The van der Waals surface area contributed by atoms with Gasteiger partial charge in [-0.1, -0.05) is 63.2 Å². The number of para-hydroxylation sites is 1. The molecule has 0 aliphatic heterocycles. The Hall–Kier alpha value is -2.87. The molecule has 2 N–H and O–H groups in total. The first kappa shape index (κ1) is 23.4. The molecule has 0 aromatic heterocycles. The van der Waals surface area contributed by atoms with Crippen molar-refractivity contribution in [3.8, 4) is 0 Å². The minimum atomic E-state index is -4.07. The van der Waals surface area contributed by atoms with E-state index in [1.807, 2.05) is 45.9 Å². The summed E-state index contributed by atoms with van der Waals surface area (Å²) in [5.74, 6) is 0.325. The molecule has 2 amide bonds. The van der Waals surface area contributed by atoms with Crippen LogP contribution in [-0.2, 0) is 14.9 Å². The molecule has 162 valence electrons. The molecule has 8 heteroatoms. The molecule has 0 saturated heterocycles. The van der Waals surface area contributed by atoms with Crippen LogP contribution in [0, 0.1) is 0 Å². The van der Waals surface area contributed by atoms with E-state index in [1.54, 1.807) is 19.1 Å². The summed E-state index contributed by atoms with van der Waals surface area (Å²) < 4.78 is 27.6. The number of anilines is 1. The molecule has 2 aromatic carbocycles. The average Bonchev–Trinajstić information content (AvgIpc) is 2.67. The van der Waals surface area contributed by atoms with E-state index in [0.29, 0.717) is 17.0 Å². The number of sulfonamides is 1. The van der Waals surface area contributed by atoms with Gasteiger partial charge in [0, 0.05) is 11.3 Å². The van der Waals surface area contributed by atoms with Crippen LogP contribution < -0.4 is 10.0 Å². The van der Waals surface area contributed by atoms with E-state index in [2.05, 4.69) is 15.2 Å². The highest BCUT2D eigenvalue weighted by atomic mass is 32.2. The summed E-state index contributed by atoms with van der Waals surface area (Å²) >= 11 is 0. The summed E-state index contributed by atoms with van der Waals surface area (Å²) in [6.45, 7) is 9.79. The second-order valence-corrected chi connectivity index (χ2v) is 9.25. The second-order valence-electron chi connectivity index (χ2n) is 7.57. The third kappa shape index (κ3) is 5.60. The maximum Gasteiger partial charge on any atom is 0.333 e. The van der Waals surface area contributed by atoms with Crippen LogP contribution in [0.1, 0.15) is 63.1 Å². The lowest BCUT2D eigenvalue weighted by Gasteiger charge is -2.20. The third-order valence-electron chi connectivity index (χ3n) is 4.63. The molecule has 7 nitrogen and oxygen atoms in total. The summed E-state index contributed by atoms with van der Waals surface area (Å²) in [5, 5.41) is 6.56. The van der Waals surface area contributed by atoms with Gasteiger partial charge >= 0.3 is 6.03 Å². The number of carbonyl (C=O) groups excluding carboxylic acids is 1. The predicted octanol–water partition coefficient (Wildman–Crippen LogP) is 4.81. The standard InChI is InChI=1S/C22H29N3O4S/c1-14(2)19-11-8-12-20(15(3)4)21(19)23-22(26)25-30(27,28)18-10-7-9-17(13-18)16(5)24-29-6/h7-15H,1-6H3,(H2,23,25,26)/b24-16+. The van der Waals surface area contributed by atoms with E-state index in [9.17, 15) is 13.2 Å². The van der Waals surface area contributed by atoms with Crippen molar-refractivity contribution < 1.29 is 18.0 Å². The van der Waals surface area contributed by atoms with Crippen molar-refractivity contribution in [2.75, 3.05) is 12.4 Å². The van der Waals surface area contributed by atoms with Crippen LogP contribution in [0.3, 0.4) is 0 Å². The van der Waals surface area contributed by atoms with Gasteiger partial charge in [-0.25, -0.2) is 17.9 Å². The fourth-order valence-electron chi connectivity index (χ4n) is 3.09. The Morgan fingerprint density at radius 3 is 2.10 bits per heavy atom. The predicted molar refractivity (Wildman–Crippen MR) is 120 cm³/mol. The lowest BCUT2D eigenvalue weighted by molar-refractivity contribution is 0.213. The molecule has 0 radical (unpaired) electrons. The molecule has 0 fully saturated rings. The average molecular weight is 432 g/mol. The zero-order chi connectivity index (χ0) is 22.5. The van der Waals surface area contributed by atoms with E-state index >= 15 is 0 Å². The third-order valence-corrected chi connectivity index (χ3v) is 5.96. The van der Waals surface area contributed by atoms with Crippen LogP contribution in [0.4, 0.5) is 10.5 Å². The van der Waals surface area contributed by atoms with Crippen LogP contribution in [0.5, 0.6) is 0 Å². The monoisotopic (exact) mass is 431 g/mol. The largest absolute Gasteiger partial charge is 0.399 e. The lowest BCUT2D eigenvalue weighted by atomic mass is 9.93. The molecule has 0 saturated carbocycles. The molecule has 0 heterocycles. The summed E-state index contributed by atoms with van der Waals surface area (Å²) in [6.07, 6.45) is 0. The van der Waals surface area contributed by atoms with E-state index in [4.69, 9.17) is 4.84 Å². The molecule has 0 aliphatic carbocycles. The Kier molecular flexibility index (Phi) is 7.61. The maximum atomic E-state index is 12.8. The van der Waals surface area contributed by atoms with Crippen molar-refractivity contribution in [1.82, 2.24) is 4.72 Å². The fraction of sp³-hybridized carbons (Fsp3) is 0.364. The molecule has 0 unspecified atom stereocenters.